The van der Waals surface area contributed by atoms with E-state index in [4.69, 9.17) is 10.8 Å². The molecule has 0 aliphatic carbocycles. The van der Waals surface area contributed by atoms with E-state index in [2.05, 4.69) is 21.2 Å². The first-order valence-corrected chi connectivity index (χ1v) is 5.64. The van der Waals surface area contributed by atoms with E-state index in [1.54, 1.807) is 26.0 Å². The van der Waals surface area contributed by atoms with Crippen LogP contribution in [0.3, 0.4) is 0 Å². The molecule has 4 N–H and O–H groups in total. The monoisotopic (exact) mass is 300 g/mol. The lowest BCUT2D eigenvalue weighted by atomic mass is 10.1. The Hall–Kier alpha value is -1.56. The van der Waals surface area contributed by atoms with Gasteiger partial charge in [-0.15, -0.1) is 0 Å². The zero-order chi connectivity index (χ0) is 13.2. The summed E-state index contributed by atoms with van der Waals surface area (Å²) in [7, 11) is 0. The quantitative estimate of drug-likeness (QED) is 0.791. The minimum Gasteiger partial charge on any atom is -0.480 e. The Morgan fingerprint density at radius 3 is 2.41 bits per heavy atom. The normalized spacial score (nSPS) is 11.0. The second-order valence-electron chi connectivity index (χ2n) is 4.11. The standard InChI is InChI=1S/C11H13BrN2O3/c1-11(2,10(16)17)14-6-3-4-7(9(13)15)8(12)5-6/h3-5,14H,1-2H3,(H2,13,15)(H,16,17). The fraction of sp³-hybridized carbons (Fsp3) is 0.273. The molecule has 17 heavy (non-hydrogen) atoms. The number of carbonyl (C=O) groups is 2. The summed E-state index contributed by atoms with van der Waals surface area (Å²) in [6, 6.07) is 4.76. The van der Waals surface area contributed by atoms with Crippen LogP contribution < -0.4 is 11.1 Å². The van der Waals surface area contributed by atoms with Crippen molar-refractivity contribution in [2.75, 3.05) is 5.32 Å². The Morgan fingerprint density at radius 1 is 1.41 bits per heavy atom. The highest BCUT2D eigenvalue weighted by atomic mass is 79.9. The van der Waals surface area contributed by atoms with Gasteiger partial charge in [0.15, 0.2) is 0 Å². The van der Waals surface area contributed by atoms with E-state index in [1.165, 1.54) is 6.07 Å². The lowest BCUT2D eigenvalue weighted by Gasteiger charge is -2.22. The Labute approximate surface area is 107 Å². The van der Waals surface area contributed by atoms with Crippen LogP contribution in [0.2, 0.25) is 0 Å². The molecule has 0 aromatic heterocycles. The summed E-state index contributed by atoms with van der Waals surface area (Å²) in [6.45, 7) is 3.09. The maximum Gasteiger partial charge on any atom is 0.328 e. The molecule has 0 unspecified atom stereocenters. The molecule has 1 amide bonds. The Balaban J connectivity index is 2.99. The van der Waals surface area contributed by atoms with Gasteiger partial charge in [0.2, 0.25) is 5.91 Å². The van der Waals surface area contributed by atoms with Gasteiger partial charge in [-0.25, -0.2) is 4.79 Å². The summed E-state index contributed by atoms with van der Waals surface area (Å²) < 4.78 is 0.524. The first-order valence-electron chi connectivity index (χ1n) is 4.85. The number of primary amides is 1. The number of carboxylic acid groups (broad SMARTS) is 1. The summed E-state index contributed by atoms with van der Waals surface area (Å²) in [5, 5.41) is 11.8. The first kappa shape index (κ1) is 13.5. The summed E-state index contributed by atoms with van der Waals surface area (Å²) >= 11 is 3.20. The van der Waals surface area contributed by atoms with Gasteiger partial charge in [-0.3, -0.25) is 4.79 Å². The second kappa shape index (κ2) is 4.75. The Morgan fingerprint density at radius 2 is 2.00 bits per heavy atom. The number of nitrogens with two attached hydrogens (primary N) is 1. The number of carbonyl (C=O) groups excluding carboxylic acids is 1. The minimum absolute atomic E-state index is 0.351. The molecule has 0 radical (unpaired) electrons. The minimum atomic E-state index is -1.09. The Kier molecular flexibility index (Phi) is 3.77. The van der Waals surface area contributed by atoms with Crippen molar-refractivity contribution in [3.63, 3.8) is 0 Å². The molecule has 0 aliphatic heterocycles. The molecule has 0 heterocycles. The number of carboxylic acids is 1. The topological polar surface area (TPSA) is 92.4 Å². The average Bonchev–Trinajstić information content (AvgIpc) is 2.15. The number of halogens is 1. The van der Waals surface area contributed by atoms with Crippen LogP contribution in [0.1, 0.15) is 24.2 Å². The fourth-order valence-corrected chi connectivity index (χ4v) is 1.78. The molecule has 1 rings (SSSR count). The molecule has 0 spiro atoms. The van der Waals surface area contributed by atoms with Crippen molar-refractivity contribution in [3.8, 4) is 0 Å². The van der Waals surface area contributed by atoms with Crippen LogP contribution in [0.15, 0.2) is 22.7 Å². The molecule has 0 atom stereocenters. The third-order valence-corrected chi connectivity index (χ3v) is 2.88. The molecule has 0 saturated carbocycles. The number of nitrogens with one attached hydrogen (secondary N) is 1. The van der Waals surface area contributed by atoms with E-state index in [0.717, 1.165) is 0 Å². The van der Waals surface area contributed by atoms with Crippen molar-refractivity contribution in [2.24, 2.45) is 5.73 Å². The van der Waals surface area contributed by atoms with Gasteiger partial charge in [-0.05, 0) is 48.0 Å². The lowest BCUT2D eigenvalue weighted by Crippen LogP contribution is -2.39. The average molecular weight is 301 g/mol. The molecule has 6 heteroatoms. The maximum atomic E-state index is 11.0. The van der Waals surface area contributed by atoms with Gasteiger partial charge in [0.25, 0.3) is 0 Å². The molecule has 0 saturated heterocycles. The lowest BCUT2D eigenvalue weighted by molar-refractivity contribution is -0.141. The molecule has 1 aromatic carbocycles. The molecule has 92 valence electrons. The molecule has 0 fully saturated rings. The number of anilines is 1. The van der Waals surface area contributed by atoms with Crippen LogP contribution in [0.25, 0.3) is 0 Å². The van der Waals surface area contributed by atoms with Crippen molar-refractivity contribution in [1.29, 1.82) is 0 Å². The molecule has 5 nitrogen and oxygen atoms in total. The summed E-state index contributed by atoms with van der Waals surface area (Å²) in [5.41, 5.74) is 5.01. The smallest absolute Gasteiger partial charge is 0.328 e. The predicted octanol–water partition coefficient (Wildman–Crippen LogP) is 1.82. The second-order valence-corrected chi connectivity index (χ2v) is 4.97. The van der Waals surface area contributed by atoms with Crippen LogP contribution in [0, 0.1) is 0 Å². The van der Waals surface area contributed by atoms with Crippen molar-refractivity contribution in [2.45, 2.75) is 19.4 Å². The summed E-state index contributed by atoms with van der Waals surface area (Å²) in [6.07, 6.45) is 0. The number of benzene rings is 1. The highest BCUT2D eigenvalue weighted by Gasteiger charge is 2.26. The van der Waals surface area contributed by atoms with Crippen LogP contribution >= 0.6 is 15.9 Å². The van der Waals surface area contributed by atoms with E-state index < -0.39 is 17.4 Å². The number of hydrogen-bond donors (Lipinski definition) is 3. The van der Waals surface area contributed by atoms with Gasteiger partial charge < -0.3 is 16.2 Å². The summed E-state index contributed by atoms with van der Waals surface area (Å²) in [5.74, 6) is -1.51. The van der Waals surface area contributed by atoms with Crippen molar-refractivity contribution >= 4 is 33.5 Å². The van der Waals surface area contributed by atoms with Gasteiger partial charge >= 0.3 is 5.97 Å². The van der Waals surface area contributed by atoms with Gasteiger partial charge in [-0.2, -0.15) is 0 Å². The van der Waals surface area contributed by atoms with Crippen LogP contribution in [0.4, 0.5) is 5.69 Å². The third-order valence-electron chi connectivity index (χ3n) is 2.23. The van der Waals surface area contributed by atoms with Gasteiger partial charge in [0.05, 0.1) is 5.56 Å². The fourth-order valence-electron chi connectivity index (χ4n) is 1.21. The first-order chi connectivity index (χ1) is 7.74. The number of amides is 1. The van der Waals surface area contributed by atoms with Gasteiger partial charge in [0.1, 0.15) is 5.54 Å². The molecular formula is C11H13BrN2O3. The molecule has 0 aliphatic rings. The Bertz CT molecular complexity index is 472. The van der Waals surface area contributed by atoms with Crippen LogP contribution in [-0.4, -0.2) is 22.5 Å². The third kappa shape index (κ3) is 3.20. The number of aliphatic carboxylic acids is 1. The number of hydrogen-bond acceptors (Lipinski definition) is 3. The van der Waals surface area contributed by atoms with E-state index in [0.29, 0.717) is 15.7 Å². The molecular weight excluding hydrogens is 288 g/mol. The number of rotatable bonds is 4. The largest absolute Gasteiger partial charge is 0.480 e. The van der Waals surface area contributed by atoms with Gasteiger partial charge in [-0.1, -0.05) is 0 Å². The highest BCUT2D eigenvalue weighted by molar-refractivity contribution is 9.10. The van der Waals surface area contributed by atoms with Crippen LogP contribution in [-0.2, 0) is 4.79 Å². The van der Waals surface area contributed by atoms with Crippen molar-refractivity contribution < 1.29 is 14.7 Å². The van der Waals surface area contributed by atoms with E-state index in [-0.39, 0.29) is 0 Å². The van der Waals surface area contributed by atoms with E-state index in [9.17, 15) is 9.59 Å². The van der Waals surface area contributed by atoms with Crippen molar-refractivity contribution in [3.05, 3.63) is 28.2 Å². The molecule has 0 bridgehead atoms. The van der Waals surface area contributed by atoms with Gasteiger partial charge in [0, 0.05) is 10.2 Å². The maximum absolute atomic E-state index is 11.0. The van der Waals surface area contributed by atoms with Crippen molar-refractivity contribution in [1.82, 2.24) is 0 Å². The highest BCUT2D eigenvalue weighted by Crippen LogP contribution is 2.23. The van der Waals surface area contributed by atoms with Crippen LogP contribution in [0.5, 0.6) is 0 Å². The SMILES string of the molecule is CC(C)(Nc1ccc(C(N)=O)c(Br)c1)C(=O)O. The summed E-state index contributed by atoms with van der Waals surface area (Å²) in [4.78, 5) is 21.9. The zero-order valence-electron chi connectivity index (χ0n) is 9.45. The van der Waals surface area contributed by atoms with E-state index in [1.807, 2.05) is 0 Å². The van der Waals surface area contributed by atoms with E-state index >= 15 is 0 Å². The molecule has 1 aromatic rings. The predicted molar refractivity (Wildman–Crippen MR) is 68.0 cm³/mol. The zero-order valence-corrected chi connectivity index (χ0v) is 11.0.